The zero-order valence-corrected chi connectivity index (χ0v) is 17.9. The lowest BCUT2D eigenvalue weighted by Gasteiger charge is -2.36. The van der Waals surface area contributed by atoms with Gasteiger partial charge >= 0.3 is 0 Å². The number of hydrogen-bond donors (Lipinski definition) is 1. The van der Waals surface area contributed by atoms with Gasteiger partial charge in [-0.05, 0) is 36.5 Å². The van der Waals surface area contributed by atoms with Crippen molar-refractivity contribution in [2.45, 2.75) is 32.6 Å². The number of amides is 2. The van der Waals surface area contributed by atoms with Gasteiger partial charge in [-0.25, -0.2) is 0 Å². The molecule has 0 bridgehead atoms. The van der Waals surface area contributed by atoms with Crippen LogP contribution in [-0.4, -0.2) is 49.4 Å². The minimum atomic E-state index is 0.0391. The Morgan fingerprint density at radius 3 is 2.23 bits per heavy atom. The molecule has 1 heterocycles. The van der Waals surface area contributed by atoms with Crippen molar-refractivity contribution in [3.63, 3.8) is 0 Å². The van der Waals surface area contributed by atoms with E-state index in [1.54, 1.807) is 0 Å². The Hall–Kier alpha value is -2.82. The highest BCUT2D eigenvalue weighted by Crippen LogP contribution is 2.16. The fourth-order valence-corrected chi connectivity index (χ4v) is 3.87. The summed E-state index contributed by atoms with van der Waals surface area (Å²) < 4.78 is 0. The molecule has 1 aliphatic heterocycles. The van der Waals surface area contributed by atoms with Crippen LogP contribution in [0.5, 0.6) is 0 Å². The van der Waals surface area contributed by atoms with Crippen LogP contribution in [-0.2, 0) is 16.0 Å². The maximum Gasteiger partial charge on any atom is 0.224 e. The molecule has 0 saturated carbocycles. The fourth-order valence-electron chi connectivity index (χ4n) is 3.87. The number of carbonyl (C=O) groups excluding carboxylic acids is 2. The van der Waals surface area contributed by atoms with Crippen LogP contribution in [0.4, 0.5) is 5.69 Å². The zero-order chi connectivity index (χ0) is 21.2. The van der Waals surface area contributed by atoms with Crippen LogP contribution in [0.15, 0.2) is 60.7 Å². The number of carbonyl (C=O) groups is 2. The van der Waals surface area contributed by atoms with Crippen LogP contribution in [0.3, 0.4) is 0 Å². The maximum absolute atomic E-state index is 12.5. The summed E-state index contributed by atoms with van der Waals surface area (Å²) in [5.74, 6) is 0.490. The molecule has 30 heavy (non-hydrogen) atoms. The molecule has 1 aliphatic rings. The van der Waals surface area contributed by atoms with Crippen molar-refractivity contribution >= 4 is 17.5 Å². The monoisotopic (exact) mass is 407 g/mol. The number of piperazine rings is 1. The van der Waals surface area contributed by atoms with Crippen LogP contribution < -0.4 is 10.2 Å². The van der Waals surface area contributed by atoms with Gasteiger partial charge in [0.05, 0.1) is 0 Å². The van der Waals surface area contributed by atoms with Crippen LogP contribution in [0.2, 0.25) is 0 Å². The molecular formula is C25H33N3O2. The number of aryl methyl sites for hydroxylation is 1. The van der Waals surface area contributed by atoms with Crippen molar-refractivity contribution in [3.05, 3.63) is 66.2 Å². The number of benzene rings is 2. The van der Waals surface area contributed by atoms with Gasteiger partial charge in [0.15, 0.2) is 0 Å². The van der Waals surface area contributed by atoms with Gasteiger partial charge in [-0.3, -0.25) is 9.59 Å². The third kappa shape index (κ3) is 6.90. The minimum absolute atomic E-state index is 0.0391. The van der Waals surface area contributed by atoms with Crippen molar-refractivity contribution in [2.75, 3.05) is 37.6 Å². The van der Waals surface area contributed by atoms with Crippen molar-refractivity contribution in [2.24, 2.45) is 5.92 Å². The summed E-state index contributed by atoms with van der Waals surface area (Å²) in [5.41, 5.74) is 2.51. The number of nitrogens with one attached hydrogen (secondary N) is 1. The molecule has 160 valence electrons. The predicted octanol–water partition coefficient (Wildman–Crippen LogP) is 3.50. The van der Waals surface area contributed by atoms with Gasteiger partial charge in [-0.2, -0.15) is 0 Å². The molecule has 5 heteroatoms. The lowest BCUT2D eigenvalue weighted by Crippen LogP contribution is -2.49. The van der Waals surface area contributed by atoms with Crippen LogP contribution >= 0.6 is 0 Å². The van der Waals surface area contributed by atoms with E-state index in [0.717, 1.165) is 39.0 Å². The summed E-state index contributed by atoms with van der Waals surface area (Å²) in [7, 11) is 0. The van der Waals surface area contributed by atoms with E-state index < -0.39 is 0 Å². The second-order valence-corrected chi connectivity index (χ2v) is 8.14. The van der Waals surface area contributed by atoms with E-state index in [1.165, 1.54) is 11.3 Å². The summed E-state index contributed by atoms with van der Waals surface area (Å²) >= 11 is 0. The Balaban J connectivity index is 1.29. The second-order valence-electron chi connectivity index (χ2n) is 8.14. The van der Waals surface area contributed by atoms with Crippen molar-refractivity contribution in [1.29, 1.82) is 0 Å². The standard InChI is InChI=1S/C25H33N3O2/c1-21(12-13-22-8-4-2-5-9-22)20-24(29)26-15-14-25(30)28-18-16-27(17-19-28)23-10-6-3-7-11-23/h2-11,21H,12-20H2,1H3,(H,26,29). The Kier molecular flexibility index (Phi) is 8.30. The maximum atomic E-state index is 12.5. The molecule has 0 radical (unpaired) electrons. The third-order valence-corrected chi connectivity index (χ3v) is 5.72. The van der Waals surface area contributed by atoms with E-state index in [-0.39, 0.29) is 11.8 Å². The normalized spacial score (nSPS) is 15.0. The van der Waals surface area contributed by atoms with Gasteiger partial charge in [-0.15, -0.1) is 0 Å². The summed E-state index contributed by atoms with van der Waals surface area (Å²) in [5, 5.41) is 2.92. The topological polar surface area (TPSA) is 52.7 Å². The summed E-state index contributed by atoms with van der Waals surface area (Å²) in [6.07, 6.45) is 2.86. The van der Waals surface area contributed by atoms with Gasteiger partial charge in [0.25, 0.3) is 0 Å². The average molecular weight is 408 g/mol. The molecule has 0 aliphatic carbocycles. The Labute approximate surface area is 180 Å². The van der Waals surface area contributed by atoms with E-state index >= 15 is 0 Å². The SMILES string of the molecule is CC(CCc1ccccc1)CC(=O)NCCC(=O)N1CCN(c2ccccc2)CC1. The van der Waals surface area contributed by atoms with Gasteiger partial charge in [0.1, 0.15) is 0 Å². The third-order valence-electron chi connectivity index (χ3n) is 5.72. The smallest absolute Gasteiger partial charge is 0.224 e. The number of anilines is 1. The molecule has 1 unspecified atom stereocenters. The highest BCUT2D eigenvalue weighted by Gasteiger charge is 2.21. The highest BCUT2D eigenvalue weighted by molar-refractivity contribution is 5.79. The first-order valence-corrected chi connectivity index (χ1v) is 11.0. The number of para-hydroxylation sites is 1. The molecule has 1 saturated heterocycles. The van der Waals surface area contributed by atoms with Crippen molar-refractivity contribution < 1.29 is 9.59 Å². The molecular weight excluding hydrogens is 374 g/mol. The van der Waals surface area contributed by atoms with E-state index in [9.17, 15) is 9.59 Å². The van der Waals surface area contributed by atoms with Crippen LogP contribution in [0.1, 0.15) is 31.7 Å². The lowest BCUT2D eigenvalue weighted by atomic mass is 9.98. The van der Waals surface area contributed by atoms with E-state index in [1.807, 2.05) is 41.3 Å². The molecule has 2 aromatic rings. The summed E-state index contributed by atoms with van der Waals surface area (Å²) in [4.78, 5) is 28.9. The van der Waals surface area contributed by atoms with Crippen molar-refractivity contribution in [3.8, 4) is 0 Å². The first kappa shape index (κ1) is 21.9. The molecule has 2 aromatic carbocycles. The number of rotatable bonds is 9. The Morgan fingerprint density at radius 2 is 1.57 bits per heavy atom. The summed E-state index contributed by atoms with van der Waals surface area (Å²) in [6, 6.07) is 20.7. The quantitative estimate of drug-likeness (QED) is 0.692. The highest BCUT2D eigenvalue weighted by atomic mass is 16.2. The van der Waals surface area contributed by atoms with Gasteiger partial charge < -0.3 is 15.1 Å². The van der Waals surface area contributed by atoms with E-state index in [0.29, 0.717) is 25.3 Å². The minimum Gasteiger partial charge on any atom is -0.368 e. The molecule has 0 spiro atoms. The molecule has 1 fully saturated rings. The van der Waals surface area contributed by atoms with Gasteiger partial charge in [0.2, 0.25) is 11.8 Å². The van der Waals surface area contributed by atoms with Gasteiger partial charge in [0, 0.05) is 51.3 Å². The molecule has 0 aromatic heterocycles. The first-order chi connectivity index (χ1) is 14.6. The fraction of sp³-hybridized carbons (Fsp3) is 0.440. The van der Waals surface area contributed by atoms with Crippen LogP contribution in [0, 0.1) is 5.92 Å². The number of hydrogen-bond acceptors (Lipinski definition) is 3. The average Bonchev–Trinajstić information content (AvgIpc) is 2.79. The Morgan fingerprint density at radius 1 is 0.933 bits per heavy atom. The van der Waals surface area contributed by atoms with E-state index in [2.05, 4.69) is 41.4 Å². The van der Waals surface area contributed by atoms with Crippen molar-refractivity contribution in [1.82, 2.24) is 10.2 Å². The van der Waals surface area contributed by atoms with E-state index in [4.69, 9.17) is 0 Å². The number of nitrogens with zero attached hydrogens (tertiary/aromatic N) is 2. The Bertz CT molecular complexity index is 787. The summed E-state index contributed by atoms with van der Waals surface area (Å²) in [6.45, 7) is 5.69. The molecule has 3 rings (SSSR count). The molecule has 2 amide bonds. The lowest BCUT2D eigenvalue weighted by molar-refractivity contribution is -0.131. The van der Waals surface area contributed by atoms with Crippen LogP contribution in [0.25, 0.3) is 0 Å². The molecule has 1 N–H and O–H groups in total. The first-order valence-electron chi connectivity index (χ1n) is 11.0. The predicted molar refractivity (Wildman–Crippen MR) is 121 cm³/mol. The second kappa shape index (κ2) is 11.4. The van der Waals surface area contributed by atoms with Gasteiger partial charge in [-0.1, -0.05) is 55.5 Å². The molecule has 5 nitrogen and oxygen atoms in total. The largest absolute Gasteiger partial charge is 0.368 e. The zero-order valence-electron chi connectivity index (χ0n) is 17.9. The molecule has 1 atom stereocenters.